The minimum Gasteiger partial charge on any atom is -0.465 e. The number of esters is 1. The SMILES string of the molecule is COC(=O)c1ccc(C(=O)Nc2ccc(-c3ccc4nnc(C)n4n3)cc2)cc1. The Hall–Kier alpha value is -4.07. The van der Waals surface area contributed by atoms with Crippen LogP contribution in [0, 0.1) is 6.92 Å². The summed E-state index contributed by atoms with van der Waals surface area (Å²) < 4.78 is 6.34. The van der Waals surface area contributed by atoms with E-state index in [0.717, 1.165) is 11.3 Å². The van der Waals surface area contributed by atoms with Gasteiger partial charge in [-0.15, -0.1) is 10.2 Å². The maximum Gasteiger partial charge on any atom is 0.337 e. The van der Waals surface area contributed by atoms with E-state index in [1.165, 1.54) is 7.11 Å². The van der Waals surface area contributed by atoms with Crippen LogP contribution in [0.1, 0.15) is 26.5 Å². The highest BCUT2D eigenvalue weighted by Crippen LogP contribution is 2.20. The number of amides is 1. The molecule has 4 rings (SSSR count). The number of carbonyl (C=O) groups excluding carboxylic acids is 2. The first kappa shape index (κ1) is 18.3. The van der Waals surface area contributed by atoms with E-state index in [2.05, 4.69) is 25.3 Å². The number of benzene rings is 2. The van der Waals surface area contributed by atoms with Crippen molar-refractivity contribution < 1.29 is 14.3 Å². The lowest BCUT2D eigenvalue weighted by Gasteiger charge is -2.07. The standard InChI is InChI=1S/C21H17N5O3/c1-13-23-24-19-12-11-18(25-26(13)19)14-7-9-17(10-8-14)22-20(27)15-3-5-16(6-4-15)21(28)29-2/h3-12H,1-2H3,(H,22,27). The Morgan fingerprint density at radius 3 is 2.28 bits per heavy atom. The zero-order valence-electron chi connectivity index (χ0n) is 15.8. The van der Waals surface area contributed by atoms with Crippen LogP contribution in [0.25, 0.3) is 16.9 Å². The molecule has 8 heteroatoms. The van der Waals surface area contributed by atoms with Gasteiger partial charge in [0, 0.05) is 16.8 Å². The van der Waals surface area contributed by atoms with Crippen LogP contribution in [0.4, 0.5) is 5.69 Å². The fraction of sp³-hybridized carbons (Fsp3) is 0.0952. The average molecular weight is 387 g/mol. The van der Waals surface area contributed by atoms with E-state index in [1.54, 1.807) is 40.9 Å². The number of rotatable bonds is 4. The van der Waals surface area contributed by atoms with Gasteiger partial charge in [-0.25, -0.2) is 4.79 Å². The zero-order valence-corrected chi connectivity index (χ0v) is 15.8. The summed E-state index contributed by atoms with van der Waals surface area (Å²) in [7, 11) is 1.31. The molecule has 2 heterocycles. The largest absolute Gasteiger partial charge is 0.465 e. The minimum atomic E-state index is -0.444. The Balaban J connectivity index is 1.49. The molecule has 0 aliphatic heterocycles. The van der Waals surface area contributed by atoms with E-state index >= 15 is 0 Å². The number of carbonyl (C=O) groups is 2. The summed E-state index contributed by atoms with van der Waals surface area (Å²) >= 11 is 0. The Labute approximate surface area is 166 Å². The number of aryl methyl sites for hydroxylation is 1. The normalized spacial score (nSPS) is 10.7. The van der Waals surface area contributed by atoms with Crippen LogP contribution < -0.4 is 5.32 Å². The molecule has 0 spiro atoms. The lowest BCUT2D eigenvalue weighted by molar-refractivity contribution is 0.0600. The number of fused-ring (bicyclic) bond motifs is 1. The molecule has 2 aromatic heterocycles. The van der Waals surface area contributed by atoms with Gasteiger partial charge in [0.05, 0.1) is 18.4 Å². The Morgan fingerprint density at radius 1 is 0.897 bits per heavy atom. The molecular formula is C21H17N5O3. The molecule has 0 bridgehead atoms. The lowest BCUT2D eigenvalue weighted by Crippen LogP contribution is -2.12. The zero-order chi connectivity index (χ0) is 20.4. The molecule has 4 aromatic rings. The Bertz CT molecular complexity index is 1200. The molecule has 8 nitrogen and oxygen atoms in total. The summed E-state index contributed by atoms with van der Waals surface area (Å²) in [6.07, 6.45) is 0. The highest BCUT2D eigenvalue weighted by Gasteiger charge is 2.10. The number of aromatic nitrogens is 4. The second-order valence-electron chi connectivity index (χ2n) is 6.34. The summed E-state index contributed by atoms with van der Waals surface area (Å²) in [6, 6.07) is 17.4. The molecule has 0 radical (unpaired) electrons. The van der Waals surface area contributed by atoms with E-state index in [1.807, 2.05) is 31.2 Å². The van der Waals surface area contributed by atoms with Crippen LogP contribution in [0.5, 0.6) is 0 Å². The van der Waals surface area contributed by atoms with Gasteiger partial charge in [-0.1, -0.05) is 12.1 Å². The van der Waals surface area contributed by atoms with Gasteiger partial charge < -0.3 is 10.1 Å². The maximum absolute atomic E-state index is 12.4. The van der Waals surface area contributed by atoms with Crippen molar-refractivity contribution in [2.75, 3.05) is 12.4 Å². The van der Waals surface area contributed by atoms with Gasteiger partial charge in [0.1, 0.15) is 0 Å². The van der Waals surface area contributed by atoms with E-state index in [9.17, 15) is 9.59 Å². The fourth-order valence-corrected chi connectivity index (χ4v) is 2.85. The second-order valence-corrected chi connectivity index (χ2v) is 6.34. The van der Waals surface area contributed by atoms with Gasteiger partial charge in [0.2, 0.25) is 0 Å². The predicted molar refractivity (Wildman–Crippen MR) is 107 cm³/mol. The highest BCUT2D eigenvalue weighted by atomic mass is 16.5. The van der Waals surface area contributed by atoms with Crippen LogP contribution in [-0.2, 0) is 4.74 Å². The van der Waals surface area contributed by atoms with Crippen LogP contribution in [0.15, 0.2) is 60.7 Å². The Kier molecular flexibility index (Phi) is 4.74. The monoisotopic (exact) mass is 387 g/mol. The molecule has 0 aliphatic rings. The van der Waals surface area contributed by atoms with Crippen molar-refractivity contribution in [3.63, 3.8) is 0 Å². The van der Waals surface area contributed by atoms with E-state index < -0.39 is 5.97 Å². The molecule has 1 N–H and O–H groups in total. The molecule has 0 unspecified atom stereocenters. The first-order chi connectivity index (χ1) is 14.0. The first-order valence-corrected chi connectivity index (χ1v) is 8.84. The van der Waals surface area contributed by atoms with Crippen LogP contribution in [0.3, 0.4) is 0 Å². The summed E-state index contributed by atoms with van der Waals surface area (Å²) in [6.45, 7) is 1.84. The third kappa shape index (κ3) is 3.68. The minimum absolute atomic E-state index is 0.270. The fourth-order valence-electron chi connectivity index (χ4n) is 2.85. The number of hydrogen-bond donors (Lipinski definition) is 1. The lowest BCUT2D eigenvalue weighted by atomic mass is 10.1. The van der Waals surface area contributed by atoms with E-state index in [-0.39, 0.29) is 5.91 Å². The van der Waals surface area contributed by atoms with Crippen molar-refractivity contribution >= 4 is 23.2 Å². The number of nitrogens with one attached hydrogen (secondary N) is 1. The summed E-state index contributed by atoms with van der Waals surface area (Å²) in [5.74, 6) is -0.00112. The molecule has 29 heavy (non-hydrogen) atoms. The Morgan fingerprint density at radius 2 is 1.59 bits per heavy atom. The molecule has 2 aromatic carbocycles. The molecule has 0 fully saturated rings. The van der Waals surface area contributed by atoms with Gasteiger partial charge in [-0.2, -0.15) is 9.61 Å². The first-order valence-electron chi connectivity index (χ1n) is 8.84. The highest BCUT2D eigenvalue weighted by molar-refractivity contribution is 6.04. The average Bonchev–Trinajstić information content (AvgIpc) is 3.14. The smallest absolute Gasteiger partial charge is 0.337 e. The number of hydrogen-bond acceptors (Lipinski definition) is 6. The summed E-state index contributed by atoms with van der Waals surface area (Å²) in [5.41, 5.74) is 3.85. The molecular weight excluding hydrogens is 370 g/mol. The second kappa shape index (κ2) is 7.51. The van der Waals surface area contributed by atoms with Gasteiger partial charge >= 0.3 is 5.97 Å². The molecule has 0 aliphatic carbocycles. The topological polar surface area (TPSA) is 98.5 Å². The third-order valence-electron chi connectivity index (χ3n) is 4.43. The van der Waals surface area contributed by atoms with Crippen molar-refractivity contribution in [1.82, 2.24) is 19.8 Å². The molecule has 0 atom stereocenters. The van der Waals surface area contributed by atoms with Crippen LogP contribution >= 0.6 is 0 Å². The summed E-state index contributed by atoms with van der Waals surface area (Å²) in [5, 5.41) is 15.4. The van der Waals surface area contributed by atoms with Crippen molar-refractivity contribution in [3.8, 4) is 11.3 Å². The molecule has 144 valence electrons. The maximum atomic E-state index is 12.4. The van der Waals surface area contributed by atoms with Crippen LogP contribution in [0.2, 0.25) is 0 Å². The van der Waals surface area contributed by atoms with Crippen molar-refractivity contribution in [3.05, 3.63) is 77.6 Å². The number of nitrogens with zero attached hydrogens (tertiary/aromatic N) is 4. The van der Waals surface area contributed by atoms with E-state index in [4.69, 9.17) is 0 Å². The van der Waals surface area contributed by atoms with Gasteiger partial charge in [-0.3, -0.25) is 4.79 Å². The molecule has 1 amide bonds. The van der Waals surface area contributed by atoms with Gasteiger partial charge in [0.25, 0.3) is 5.91 Å². The van der Waals surface area contributed by atoms with Crippen molar-refractivity contribution in [2.45, 2.75) is 6.92 Å². The number of anilines is 1. The summed E-state index contributed by atoms with van der Waals surface area (Å²) in [4.78, 5) is 23.9. The molecule has 0 saturated heterocycles. The number of methoxy groups -OCH3 is 1. The quantitative estimate of drug-likeness (QED) is 0.540. The predicted octanol–water partition coefficient (Wildman–Crippen LogP) is 3.14. The van der Waals surface area contributed by atoms with E-state index in [0.29, 0.717) is 28.3 Å². The van der Waals surface area contributed by atoms with Crippen molar-refractivity contribution in [1.29, 1.82) is 0 Å². The third-order valence-corrected chi connectivity index (χ3v) is 4.43. The van der Waals surface area contributed by atoms with Crippen LogP contribution in [-0.4, -0.2) is 38.8 Å². The van der Waals surface area contributed by atoms with Crippen molar-refractivity contribution in [2.24, 2.45) is 0 Å². The number of ether oxygens (including phenoxy) is 1. The van der Waals surface area contributed by atoms with Gasteiger partial charge in [0.15, 0.2) is 11.5 Å². The van der Waals surface area contributed by atoms with Gasteiger partial charge in [-0.05, 0) is 55.5 Å². The molecule has 0 saturated carbocycles.